The van der Waals surface area contributed by atoms with Gasteiger partial charge in [-0.15, -0.1) is 0 Å². The van der Waals surface area contributed by atoms with Crippen LogP contribution in [-0.2, 0) is 19.6 Å². The van der Waals surface area contributed by atoms with E-state index in [0.29, 0.717) is 13.0 Å². The van der Waals surface area contributed by atoms with Crippen molar-refractivity contribution in [1.29, 1.82) is 0 Å². The van der Waals surface area contributed by atoms with E-state index in [0.717, 1.165) is 0 Å². The maximum absolute atomic E-state index is 11.8. The second-order valence-corrected chi connectivity index (χ2v) is 5.58. The highest BCUT2D eigenvalue weighted by atomic mass is 32.2. The van der Waals surface area contributed by atoms with Crippen molar-refractivity contribution in [1.82, 2.24) is 4.31 Å². The molecule has 0 bridgehead atoms. The van der Waals surface area contributed by atoms with Gasteiger partial charge in [-0.05, 0) is 13.3 Å². The second-order valence-electron chi connectivity index (χ2n) is 3.49. The van der Waals surface area contributed by atoms with E-state index in [1.807, 2.05) is 6.92 Å². The predicted molar refractivity (Wildman–Crippen MR) is 64.0 cm³/mol. The Bertz CT molecular complexity index is 309. The zero-order valence-corrected chi connectivity index (χ0v) is 11.2. The van der Waals surface area contributed by atoms with Gasteiger partial charge in [-0.1, -0.05) is 6.92 Å². The average Bonchev–Trinajstić information content (AvgIpc) is 2.27. The summed E-state index contributed by atoms with van der Waals surface area (Å²) in [5.41, 5.74) is 0. The first-order valence-corrected chi connectivity index (χ1v) is 7.33. The van der Waals surface area contributed by atoms with E-state index in [9.17, 15) is 13.2 Å². The number of aliphatic hydroxyl groups is 1. The summed E-state index contributed by atoms with van der Waals surface area (Å²) in [7, 11) is -3.49. The van der Waals surface area contributed by atoms with Crippen LogP contribution in [0.1, 0.15) is 26.7 Å². The zero-order chi connectivity index (χ0) is 13.3. The highest BCUT2D eigenvalue weighted by molar-refractivity contribution is 7.89. The second kappa shape index (κ2) is 8.43. The number of carbonyl (C=O) groups excluding carboxylic acids is 1. The molecule has 0 aliphatic carbocycles. The molecule has 0 aromatic rings. The summed E-state index contributed by atoms with van der Waals surface area (Å²) in [6.45, 7) is 3.96. The van der Waals surface area contributed by atoms with Crippen LogP contribution in [0.2, 0.25) is 0 Å². The fraction of sp³-hybridized carbons (Fsp3) is 0.900. The standard InChI is InChI=1S/C10H21NO5S/c1-3-6-11(7-8-12)17(14,15)9-5-10(13)16-4-2/h12H,3-9H2,1-2H3. The molecule has 0 aliphatic rings. The third-order valence-electron chi connectivity index (χ3n) is 2.09. The molecule has 1 N–H and O–H groups in total. The lowest BCUT2D eigenvalue weighted by Gasteiger charge is -2.20. The van der Waals surface area contributed by atoms with Crippen molar-refractivity contribution in [3.63, 3.8) is 0 Å². The monoisotopic (exact) mass is 267 g/mol. The lowest BCUT2D eigenvalue weighted by atomic mass is 10.5. The number of hydrogen-bond donors (Lipinski definition) is 1. The van der Waals surface area contributed by atoms with Gasteiger partial charge in [0.25, 0.3) is 0 Å². The van der Waals surface area contributed by atoms with Gasteiger partial charge in [0.15, 0.2) is 0 Å². The van der Waals surface area contributed by atoms with Crippen molar-refractivity contribution in [2.75, 3.05) is 32.1 Å². The molecule has 0 aromatic carbocycles. The Morgan fingerprint density at radius 1 is 1.29 bits per heavy atom. The lowest BCUT2D eigenvalue weighted by molar-refractivity contribution is -0.142. The Balaban J connectivity index is 4.36. The summed E-state index contributed by atoms with van der Waals surface area (Å²) >= 11 is 0. The normalized spacial score (nSPS) is 11.8. The minimum absolute atomic E-state index is 0.0685. The number of sulfonamides is 1. The van der Waals surface area contributed by atoms with Crippen molar-refractivity contribution >= 4 is 16.0 Å². The Morgan fingerprint density at radius 2 is 1.94 bits per heavy atom. The summed E-state index contributed by atoms with van der Waals surface area (Å²) in [6.07, 6.45) is 0.514. The molecule has 0 rings (SSSR count). The molecule has 17 heavy (non-hydrogen) atoms. The maximum atomic E-state index is 11.8. The Morgan fingerprint density at radius 3 is 2.41 bits per heavy atom. The molecule has 0 heterocycles. The lowest BCUT2D eigenvalue weighted by Crippen LogP contribution is -2.36. The molecule has 0 aliphatic heterocycles. The average molecular weight is 267 g/mol. The summed E-state index contributed by atoms with van der Waals surface area (Å²) in [5.74, 6) is -0.789. The van der Waals surface area contributed by atoms with Crippen LogP contribution in [-0.4, -0.2) is 55.9 Å². The number of carbonyl (C=O) groups is 1. The number of hydrogen-bond acceptors (Lipinski definition) is 5. The summed E-state index contributed by atoms with van der Waals surface area (Å²) < 4.78 is 29.5. The van der Waals surface area contributed by atoms with Crippen LogP contribution >= 0.6 is 0 Å². The van der Waals surface area contributed by atoms with E-state index in [1.165, 1.54) is 4.31 Å². The molecule has 0 saturated heterocycles. The van der Waals surface area contributed by atoms with E-state index >= 15 is 0 Å². The molecule has 0 fully saturated rings. The summed E-state index contributed by atoms with van der Waals surface area (Å²) in [5, 5.41) is 8.79. The topological polar surface area (TPSA) is 83.9 Å². The van der Waals surface area contributed by atoms with Crippen molar-refractivity contribution in [2.24, 2.45) is 0 Å². The van der Waals surface area contributed by atoms with Crippen LogP contribution < -0.4 is 0 Å². The van der Waals surface area contributed by atoms with Crippen LogP contribution in [0.5, 0.6) is 0 Å². The predicted octanol–water partition coefficient (Wildman–Crippen LogP) is -0.0263. The van der Waals surface area contributed by atoms with Crippen LogP contribution in [0.25, 0.3) is 0 Å². The van der Waals surface area contributed by atoms with Gasteiger partial charge in [0.1, 0.15) is 0 Å². The Kier molecular flexibility index (Phi) is 8.11. The number of nitrogens with zero attached hydrogens (tertiary/aromatic N) is 1. The van der Waals surface area contributed by atoms with Gasteiger partial charge in [0.2, 0.25) is 10.0 Å². The maximum Gasteiger partial charge on any atom is 0.306 e. The number of rotatable bonds is 9. The van der Waals surface area contributed by atoms with Gasteiger partial charge < -0.3 is 9.84 Å². The van der Waals surface area contributed by atoms with Crippen molar-refractivity contribution in [3.05, 3.63) is 0 Å². The Hall–Kier alpha value is -0.660. The molecule has 0 atom stereocenters. The van der Waals surface area contributed by atoms with Crippen LogP contribution in [0.3, 0.4) is 0 Å². The quantitative estimate of drug-likeness (QED) is 0.593. The highest BCUT2D eigenvalue weighted by Gasteiger charge is 2.22. The first-order chi connectivity index (χ1) is 7.97. The SMILES string of the molecule is CCCN(CCO)S(=O)(=O)CCC(=O)OCC. The minimum atomic E-state index is -3.49. The van der Waals surface area contributed by atoms with E-state index in [-0.39, 0.29) is 31.9 Å². The largest absolute Gasteiger partial charge is 0.466 e. The number of aliphatic hydroxyl groups excluding tert-OH is 1. The molecular formula is C10H21NO5S. The van der Waals surface area contributed by atoms with Gasteiger partial charge in [0.05, 0.1) is 25.4 Å². The first kappa shape index (κ1) is 16.3. The zero-order valence-electron chi connectivity index (χ0n) is 10.4. The van der Waals surface area contributed by atoms with Gasteiger partial charge in [-0.3, -0.25) is 4.79 Å². The molecule has 7 heteroatoms. The molecule has 0 saturated carbocycles. The number of ether oxygens (including phenoxy) is 1. The smallest absolute Gasteiger partial charge is 0.306 e. The van der Waals surface area contributed by atoms with Gasteiger partial charge in [-0.25, -0.2) is 8.42 Å². The fourth-order valence-electron chi connectivity index (χ4n) is 1.33. The van der Waals surface area contributed by atoms with Crippen molar-refractivity contribution in [2.45, 2.75) is 26.7 Å². The van der Waals surface area contributed by atoms with Crippen LogP contribution in [0.15, 0.2) is 0 Å². The van der Waals surface area contributed by atoms with E-state index in [2.05, 4.69) is 4.74 Å². The molecule has 0 radical (unpaired) electrons. The molecular weight excluding hydrogens is 246 g/mol. The summed E-state index contributed by atoms with van der Waals surface area (Å²) in [4.78, 5) is 11.1. The minimum Gasteiger partial charge on any atom is -0.466 e. The van der Waals surface area contributed by atoms with Crippen molar-refractivity contribution < 1.29 is 23.1 Å². The molecule has 0 amide bonds. The van der Waals surface area contributed by atoms with E-state index in [4.69, 9.17) is 5.11 Å². The molecule has 102 valence electrons. The van der Waals surface area contributed by atoms with Crippen LogP contribution in [0.4, 0.5) is 0 Å². The molecule has 0 aromatic heterocycles. The third kappa shape index (κ3) is 6.60. The van der Waals surface area contributed by atoms with Crippen LogP contribution in [0, 0.1) is 0 Å². The number of esters is 1. The summed E-state index contributed by atoms with van der Waals surface area (Å²) in [6, 6.07) is 0. The van der Waals surface area contributed by atoms with E-state index < -0.39 is 16.0 Å². The highest BCUT2D eigenvalue weighted by Crippen LogP contribution is 2.05. The van der Waals surface area contributed by atoms with Gasteiger partial charge >= 0.3 is 5.97 Å². The fourth-order valence-corrected chi connectivity index (χ4v) is 2.83. The molecule has 0 unspecified atom stereocenters. The Labute approximate surface area is 103 Å². The van der Waals surface area contributed by atoms with Gasteiger partial charge in [-0.2, -0.15) is 4.31 Å². The van der Waals surface area contributed by atoms with E-state index in [1.54, 1.807) is 6.92 Å². The molecule has 6 nitrogen and oxygen atoms in total. The first-order valence-electron chi connectivity index (χ1n) is 5.72. The third-order valence-corrected chi connectivity index (χ3v) is 3.96. The van der Waals surface area contributed by atoms with Gasteiger partial charge in [0, 0.05) is 13.1 Å². The molecule has 0 spiro atoms. The van der Waals surface area contributed by atoms with Crippen molar-refractivity contribution in [3.8, 4) is 0 Å².